The smallest absolute Gasteiger partial charge is 0.251 e. The maximum atomic E-state index is 12.7. The van der Waals surface area contributed by atoms with Crippen LogP contribution in [0.15, 0.2) is 84.9 Å². The lowest BCUT2D eigenvalue weighted by Crippen LogP contribution is -2.46. The van der Waals surface area contributed by atoms with E-state index in [2.05, 4.69) is 10.6 Å². The molecule has 3 rings (SSSR count). The number of hydrogen-bond acceptors (Lipinski definition) is 4. The number of carbonyl (C=O) groups excluding carboxylic acids is 1. The zero-order chi connectivity index (χ0) is 20.6. The molecule has 3 aromatic carbocycles. The third kappa shape index (κ3) is 5.28. The fourth-order valence-corrected chi connectivity index (χ4v) is 2.91. The van der Waals surface area contributed by atoms with Gasteiger partial charge < -0.3 is 20.8 Å². The topological polar surface area (TPSA) is 105 Å². The second kappa shape index (κ2) is 9.64. The highest BCUT2D eigenvalue weighted by Crippen LogP contribution is 2.17. The Hall–Kier alpha value is -3.48. The summed E-state index contributed by atoms with van der Waals surface area (Å²) in [5.41, 5.74) is 2.45. The van der Waals surface area contributed by atoms with Gasteiger partial charge in [0.15, 0.2) is 0 Å². The van der Waals surface area contributed by atoms with Gasteiger partial charge in [-0.25, -0.2) is 0 Å². The zero-order valence-electron chi connectivity index (χ0n) is 15.7. The summed E-state index contributed by atoms with van der Waals surface area (Å²) in [6.45, 7) is -0.0984. The lowest BCUT2D eigenvalue weighted by molar-refractivity contribution is 0.0799. The van der Waals surface area contributed by atoms with Crippen molar-refractivity contribution in [3.63, 3.8) is 0 Å². The summed E-state index contributed by atoms with van der Waals surface area (Å²) in [7, 11) is 0. The van der Waals surface area contributed by atoms with Gasteiger partial charge in [-0.1, -0.05) is 72.8 Å². The van der Waals surface area contributed by atoms with Gasteiger partial charge in [-0.3, -0.25) is 10.2 Å². The van der Waals surface area contributed by atoms with Crippen LogP contribution in [0.1, 0.15) is 33.1 Å². The molecule has 2 unspecified atom stereocenters. The molecule has 1 amide bonds. The molecule has 148 valence electrons. The minimum absolute atomic E-state index is 0.0561. The number of amidine groups is 1. The monoisotopic (exact) mass is 389 g/mol. The predicted molar refractivity (Wildman–Crippen MR) is 111 cm³/mol. The van der Waals surface area contributed by atoms with E-state index < -0.39 is 12.3 Å². The molecule has 0 spiro atoms. The molecule has 29 heavy (non-hydrogen) atoms. The standard InChI is InChI=1S/C23H23N3O3/c24-21(18-9-5-2-6-10-18)26-23(29)20(17-7-3-1-4-8-17)25-22(28)19-13-11-16(15-27)12-14-19/h1-14,20,23,27,29H,15H2,(H2,24,26)(H,25,28). The van der Waals surface area contributed by atoms with Crippen LogP contribution in [-0.2, 0) is 6.61 Å². The van der Waals surface area contributed by atoms with Crippen molar-refractivity contribution in [2.75, 3.05) is 0 Å². The van der Waals surface area contributed by atoms with Gasteiger partial charge in [0.1, 0.15) is 12.1 Å². The van der Waals surface area contributed by atoms with Crippen molar-refractivity contribution in [1.82, 2.24) is 10.6 Å². The number of rotatable bonds is 7. The molecule has 0 bridgehead atoms. The Morgan fingerprint density at radius 3 is 2.00 bits per heavy atom. The molecule has 0 aromatic heterocycles. The van der Waals surface area contributed by atoms with Crippen molar-refractivity contribution in [2.45, 2.75) is 18.9 Å². The van der Waals surface area contributed by atoms with Crippen molar-refractivity contribution in [2.24, 2.45) is 0 Å². The molecular weight excluding hydrogens is 366 g/mol. The number of nitrogens with one attached hydrogen (secondary N) is 3. The summed E-state index contributed by atoms with van der Waals surface area (Å²) in [4.78, 5) is 12.7. The molecule has 0 fully saturated rings. The van der Waals surface area contributed by atoms with Crippen LogP contribution in [-0.4, -0.2) is 28.2 Å². The SMILES string of the molecule is N=C(NC(O)C(NC(=O)c1ccc(CO)cc1)c1ccccc1)c1ccccc1. The fourth-order valence-electron chi connectivity index (χ4n) is 2.91. The summed E-state index contributed by atoms with van der Waals surface area (Å²) in [6.07, 6.45) is -1.22. The Bertz CT molecular complexity index is 944. The van der Waals surface area contributed by atoms with Crippen LogP contribution in [0.2, 0.25) is 0 Å². The van der Waals surface area contributed by atoms with Crippen LogP contribution in [0.5, 0.6) is 0 Å². The van der Waals surface area contributed by atoms with Crippen LogP contribution in [0.25, 0.3) is 0 Å². The first-order valence-electron chi connectivity index (χ1n) is 9.22. The molecule has 2 atom stereocenters. The Morgan fingerprint density at radius 2 is 1.41 bits per heavy atom. The average Bonchev–Trinajstić information content (AvgIpc) is 2.78. The molecule has 0 aliphatic heterocycles. The average molecular weight is 389 g/mol. The number of amides is 1. The molecule has 3 aromatic rings. The third-order valence-corrected chi connectivity index (χ3v) is 4.51. The van der Waals surface area contributed by atoms with E-state index >= 15 is 0 Å². The quantitative estimate of drug-likeness (QED) is 0.243. The van der Waals surface area contributed by atoms with E-state index in [9.17, 15) is 9.90 Å². The Balaban J connectivity index is 1.79. The molecule has 6 nitrogen and oxygen atoms in total. The molecule has 0 heterocycles. The van der Waals surface area contributed by atoms with Crippen molar-refractivity contribution in [1.29, 1.82) is 5.41 Å². The Labute approximate surface area is 169 Å². The van der Waals surface area contributed by atoms with Crippen molar-refractivity contribution >= 4 is 11.7 Å². The van der Waals surface area contributed by atoms with Gasteiger partial charge in [-0.05, 0) is 23.3 Å². The molecule has 5 N–H and O–H groups in total. The second-order valence-corrected chi connectivity index (χ2v) is 6.55. The molecular formula is C23H23N3O3. The van der Waals surface area contributed by atoms with Crippen molar-refractivity contribution < 1.29 is 15.0 Å². The predicted octanol–water partition coefficient (Wildman–Crippen LogP) is 2.58. The van der Waals surface area contributed by atoms with Crippen LogP contribution >= 0.6 is 0 Å². The highest BCUT2D eigenvalue weighted by atomic mass is 16.3. The normalized spacial score (nSPS) is 12.6. The minimum atomic E-state index is -1.22. The first kappa shape index (κ1) is 20.3. The van der Waals surface area contributed by atoms with E-state index in [1.165, 1.54) is 0 Å². The van der Waals surface area contributed by atoms with E-state index in [1.54, 1.807) is 48.5 Å². The third-order valence-electron chi connectivity index (χ3n) is 4.51. The summed E-state index contributed by atoms with van der Waals surface area (Å²) in [5, 5.41) is 33.7. The minimum Gasteiger partial charge on any atom is -0.392 e. The van der Waals surface area contributed by atoms with Crippen molar-refractivity contribution in [3.8, 4) is 0 Å². The van der Waals surface area contributed by atoms with Gasteiger partial charge in [0.25, 0.3) is 5.91 Å². The highest BCUT2D eigenvalue weighted by molar-refractivity contribution is 5.97. The van der Waals surface area contributed by atoms with Crippen LogP contribution in [0.3, 0.4) is 0 Å². The summed E-state index contributed by atoms with van der Waals surface area (Å²) in [5.74, 6) is -0.309. The van der Waals surface area contributed by atoms with E-state index in [-0.39, 0.29) is 18.3 Å². The molecule has 0 radical (unpaired) electrons. The lowest BCUT2D eigenvalue weighted by Gasteiger charge is -2.26. The number of hydrogen-bond donors (Lipinski definition) is 5. The lowest BCUT2D eigenvalue weighted by atomic mass is 10.0. The molecule has 0 saturated carbocycles. The van der Waals surface area contributed by atoms with Crippen LogP contribution in [0, 0.1) is 5.41 Å². The Kier molecular flexibility index (Phi) is 6.73. The summed E-state index contributed by atoms with van der Waals surface area (Å²) < 4.78 is 0. The second-order valence-electron chi connectivity index (χ2n) is 6.55. The molecule has 6 heteroatoms. The molecule has 0 aliphatic carbocycles. The number of carbonyl (C=O) groups is 1. The van der Waals surface area contributed by atoms with Gasteiger partial charge in [0.05, 0.1) is 12.6 Å². The van der Waals surface area contributed by atoms with Crippen LogP contribution in [0.4, 0.5) is 0 Å². The van der Waals surface area contributed by atoms with Gasteiger partial charge in [0.2, 0.25) is 0 Å². The first-order chi connectivity index (χ1) is 14.1. The zero-order valence-corrected chi connectivity index (χ0v) is 15.7. The first-order valence-corrected chi connectivity index (χ1v) is 9.22. The van der Waals surface area contributed by atoms with E-state index in [4.69, 9.17) is 10.5 Å². The molecule has 0 saturated heterocycles. The van der Waals surface area contributed by atoms with E-state index in [1.807, 2.05) is 36.4 Å². The van der Waals surface area contributed by atoms with Crippen LogP contribution < -0.4 is 10.6 Å². The summed E-state index contributed by atoms with van der Waals surface area (Å²) >= 11 is 0. The largest absolute Gasteiger partial charge is 0.392 e. The number of aliphatic hydroxyl groups is 2. The highest BCUT2D eigenvalue weighted by Gasteiger charge is 2.24. The number of benzene rings is 3. The van der Waals surface area contributed by atoms with E-state index in [0.717, 1.165) is 0 Å². The van der Waals surface area contributed by atoms with Gasteiger partial charge in [-0.2, -0.15) is 0 Å². The van der Waals surface area contributed by atoms with Gasteiger partial charge in [0, 0.05) is 11.1 Å². The molecule has 0 aliphatic rings. The maximum absolute atomic E-state index is 12.7. The maximum Gasteiger partial charge on any atom is 0.251 e. The van der Waals surface area contributed by atoms with Crippen molar-refractivity contribution in [3.05, 3.63) is 107 Å². The van der Waals surface area contributed by atoms with Gasteiger partial charge >= 0.3 is 0 Å². The number of aliphatic hydroxyl groups excluding tert-OH is 2. The Morgan fingerprint density at radius 1 is 0.828 bits per heavy atom. The van der Waals surface area contributed by atoms with Gasteiger partial charge in [-0.15, -0.1) is 0 Å². The fraction of sp³-hybridized carbons (Fsp3) is 0.130. The van der Waals surface area contributed by atoms with E-state index in [0.29, 0.717) is 22.3 Å². The summed E-state index contributed by atoms with van der Waals surface area (Å²) in [6, 6.07) is 23.9.